The van der Waals surface area contributed by atoms with E-state index in [-0.39, 0.29) is 0 Å². The highest BCUT2D eigenvalue weighted by molar-refractivity contribution is 5.75. The molecule has 0 saturated carbocycles. The molecule has 0 aliphatic rings. The van der Waals surface area contributed by atoms with E-state index >= 15 is 0 Å². The summed E-state index contributed by atoms with van der Waals surface area (Å²) in [6.45, 7) is 6.07. The Hall–Kier alpha value is -2.16. The van der Waals surface area contributed by atoms with E-state index in [1.54, 1.807) is 0 Å². The lowest BCUT2D eigenvalue weighted by atomic mass is 10.2. The largest absolute Gasteiger partial charge is 0.213 e. The molecule has 0 aliphatic carbocycles. The minimum Gasteiger partial charge on any atom is -0.213 e. The molecule has 0 radical (unpaired) electrons. The minimum atomic E-state index is 0.920. The second-order valence-electron chi connectivity index (χ2n) is 3.83. The van der Waals surface area contributed by atoms with Gasteiger partial charge in [-0.05, 0) is 31.2 Å². The van der Waals surface area contributed by atoms with E-state index in [9.17, 15) is 0 Å². The summed E-state index contributed by atoms with van der Waals surface area (Å²) < 4.78 is 1.86. The van der Waals surface area contributed by atoms with Crippen molar-refractivity contribution in [2.75, 3.05) is 0 Å². The highest BCUT2D eigenvalue weighted by atomic mass is 15.4. The Morgan fingerprint density at radius 3 is 2.28 bits per heavy atom. The molecule has 92 valence electrons. The van der Waals surface area contributed by atoms with E-state index in [1.165, 1.54) is 5.56 Å². The van der Waals surface area contributed by atoms with Crippen LogP contribution in [0.4, 0.5) is 0 Å². The molecule has 0 bridgehead atoms. The van der Waals surface area contributed by atoms with Crippen LogP contribution in [-0.2, 0) is 0 Å². The van der Waals surface area contributed by atoms with E-state index in [0.717, 1.165) is 16.7 Å². The number of para-hydroxylation sites is 1. The number of fused-ring (bicyclic) bond motifs is 1. The summed E-state index contributed by atoms with van der Waals surface area (Å²) in [5, 5.41) is 8.29. The van der Waals surface area contributed by atoms with Crippen LogP contribution in [0.2, 0.25) is 0 Å². The second-order valence-corrected chi connectivity index (χ2v) is 3.83. The van der Waals surface area contributed by atoms with Gasteiger partial charge < -0.3 is 0 Å². The normalized spacial score (nSPS) is 9.94. The number of hydrogen-bond donors (Lipinski definition) is 0. The van der Waals surface area contributed by atoms with Gasteiger partial charge in [0.25, 0.3) is 0 Å². The van der Waals surface area contributed by atoms with E-state index in [2.05, 4.69) is 41.5 Å². The molecule has 0 N–H and O–H groups in total. The Balaban J connectivity index is 0.000000574. The highest BCUT2D eigenvalue weighted by Crippen LogP contribution is 2.15. The highest BCUT2D eigenvalue weighted by Gasteiger charge is 2.04. The molecule has 0 atom stereocenters. The minimum absolute atomic E-state index is 0.920. The predicted octanol–water partition coefficient (Wildman–Crippen LogP) is 3.76. The van der Waals surface area contributed by atoms with Crippen molar-refractivity contribution in [1.29, 1.82) is 0 Å². The van der Waals surface area contributed by atoms with Crippen molar-refractivity contribution in [1.82, 2.24) is 15.0 Å². The molecule has 3 rings (SSSR count). The van der Waals surface area contributed by atoms with Crippen LogP contribution in [0.3, 0.4) is 0 Å². The number of hydrogen-bond acceptors (Lipinski definition) is 2. The summed E-state index contributed by atoms with van der Waals surface area (Å²) in [5.41, 5.74) is 4.24. The fourth-order valence-corrected chi connectivity index (χ4v) is 1.75. The topological polar surface area (TPSA) is 30.7 Å². The summed E-state index contributed by atoms with van der Waals surface area (Å²) in [5.74, 6) is 0. The van der Waals surface area contributed by atoms with Crippen molar-refractivity contribution in [3.63, 3.8) is 0 Å². The molecule has 0 saturated heterocycles. The van der Waals surface area contributed by atoms with Gasteiger partial charge in [-0.1, -0.05) is 48.9 Å². The number of nitrogens with zero attached hydrogens (tertiary/aromatic N) is 3. The third kappa shape index (κ3) is 2.25. The number of rotatable bonds is 1. The van der Waals surface area contributed by atoms with Crippen molar-refractivity contribution in [3.8, 4) is 5.69 Å². The van der Waals surface area contributed by atoms with E-state index < -0.39 is 0 Å². The van der Waals surface area contributed by atoms with E-state index in [0.29, 0.717) is 0 Å². The zero-order valence-corrected chi connectivity index (χ0v) is 11.0. The Bertz CT molecular complexity index is 624. The lowest BCUT2D eigenvalue weighted by Crippen LogP contribution is -1.95. The van der Waals surface area contributed by atoms with Gasteiger partial charge in [-0.2, -0.15) is 0 Å². The van der Waals surface area contributed by atoms with Gasteiger partial charge in [0.15, 0.2) is 0 Å². The fraction of sp³-hybridized carbons (Fsp3) is 0.200. The summed E-state index contributed by atoms with van der Waals surface area (Å²) >= 11 is 0. The molecule has 1 heterocycles. The first-order chi connectivity index (χ1) is 8.84. The number of aryl methyl sites for hydroxylation is 1. The Kier molecular flexibility index (Phi) is 3.72. The standard InChI is InChI=1S/C13H11N3.C2H6/c1-10-6-8-11(9-7-10)16-13-5-3-2-4-12(13)14-15-16;1-2/h2-9H,1H3;1-2H3. The van der Waals surface area contributed by atoms with Crippen molar-refractivity contribution >= 4 is 11.0 Å². The molecule has 0 fully saturated rings. The van der Waals surface area contributed by atoms with E-state index in [4.69, 9.17) is 0 Å². The third-order valence-electron chi connectivity index (χ3n) is 2.63. The fourth-order valence-electron chi connectivity index (χ4n) is 1.75. The van der Waals surface area contributed by atoms with Crippen LogP contribution in [0, 0.1) is 6.92 Å². The van der Waals surface area contributed by atoms with Crippen LogP contribution in [-0.4, -0.2) is 15.0 Å². The summed E-state index contributed by atoms with van der Waals surface area (Å²) in [6, 6.07) is 16.2. The van der Waals surface area contributed by atoms with Gasteiger partial charge in [0.2, 0.25) is 0 Å². The molecule has 2 aromatic carbocycles. The van der Waals surface area contributed by atoms with Crippen LogP contribution in [0.1, 0.15) is 19.4 Å². The summed E-state index contributed by atoms with van der Waals surface area (Å²) in [7, 11) is 0. The lowest BCUT2D eigenvalue weighted by molar-refractivity contribution is 0.823. The molecule has 1 aromatic heterocycles. The first kappa shape index (κ1) is 12.3. The first-order valence-electron chi connectivity index (χ1n) is 6.22. The third-order valence-corrected chi connectivity index (χ3v) is 2.63. The second kappa shape index (κ2) is 5.45. The SMILES string of the molecule is CC.Cc1ccc(-n2nnc3ccccc32)cc1. The summed E-state index contributed by atoms with van der Waals surface area (Å²) in [4.78, 5) is 0. The van der Waals surface area contributed by atoms with Gasteiger partial charge in [0.1, 0.15) is 5.52 Å². The molecule has 3 aromatic rings. The van der Waals surface area contributed by atoms with Crippen molar-refractivity contribution in [2.45, 2.75) is 20.8 Å². The van der Waals surface area contributed by atoms with Crippen molar-refractivity contribution < 1.29 is 0 Å². The smallest absolute Gasteiger partial charge is 0.113 e. The monoisotopic (exact) mass is 239 g/mol. The molecular formula is C15H17N3. The summed E-state index contributed by atoms with van der Waals surface area (Å²) in [6.07, 6.45) is 0. The number of benzene rings is 2. The molecule has 0 aliphatic heterocycles. The van der Waals surface area contributed by atoms with Crippen LogP contribution >= 0.6 is 0 Å². The molecular weight excluding hydrogens is 222 g/mol. The van der Waals surface area contributed by atoms with Crippen LogP contribution in [0.5, 0.6) is 0 Å². The van der Waals surface area contributed by atoms with Gasteiger partial charge in [0.05, 0.1) is 11.2 Å². The Morgan fingerprint density at radius 2 is 1.56 bits per heavy atom. The Morgan fingerprint density at radius 1 is 0.889 bits per heavy atom. The molecule has 18 heavy (non-hydrogen) atoms. The van der Waals surface area contributed by atoms with Gasteiger partial charge in [-0.15, -0.1) is 5.10 Å². The van der Waals surface area contributed by atoms with Gasteiger partial charge in [0, 0.05) is 0 Å². The van der Waals surface area contributed by atoms with Gasteiger partial charge >= 0.3 is 0 Å². The quantitative estimate of drug-likeness (QED) is 0.647. The molecule has 0 unspecified atom stereocenters. The Labute approximate surface area is 107 Å². The van der Waals surface area contributed by atoms with E-state index in [1.807, 2.05) is 42.8 Å². The van der Waals surface area contributed by atoms with Crippen LogP contribution < -0.4 is 0 Å². The van der Waals surface area contributed by atoms with Gasteiger partial charge in [-0.3, -0.25) is 0 Å². The molecule has 0 spiro atoms. The predicted molar refractivity (Wildman–Crippen MR) is 75.0 cm³/mol. The maximum atomic E-state index is 4.16. The molecule has 0 amide bonds. The van der Waals surface area contributed by atoms with Crippen LogP contribution in [0.25, 0.3) is 16.7 Å². The zero-order valence-electron chi connectivity index (χ0n) is 11.0. The van der Waals surface area contributed by atoms with Crippen LogP contribution in [0.15, 0.2) is 48.5 Å². The molecule has 3 nitrogen and oxygen atoms in total. The maximum absolute atomic E-state index is 4.16. The van der Waals surface area contributed by atoms with Crippen molar-refractivity contribution in [2.24, 2.45) is 0 Å². The average Bonchev–Trinajstić information content (AvgIpc) is 2.86. The first-order valence-corrected chi connectivity index (χ1v) is 6.22. The van der Waals surface area contributed by atoms with Gasteiger partial charge in [-0.25, -0.2) is 4.68 Å². The zero-order chi connectivity index (χ0) is 13.0. The average molecular weight is 239 g/mol. The van der Waals surface area contributed by atoms with Crippen molar-refractivity contribution in [3.05, 3.63) is 54.1 Å². The molecule has 3 heteroatoms. The maximum Gasteiger partial charge on any atom is 0.113 e. The lowest BCUT2D eigenvalue weighted by Gasteiger charge is -2.01. The number of aromatic nitrogens is 3.